The molecule has 1 atom stereocenters. The summed E-state index contributed by atoms with van der Waals surface area (Å²) >= 11 is 6.18. The van der Waals surface area contributed by atoms with Crippen molar-refractivity contribution in [3.8, 4) is 5.75 Å². The summed E-state index contributed by atoms with van der Waals surface area (Å²) in [7, 11) is -2.64. The number of halogens is 1. The maximum absolute atomic E-state index is 13.2. The van der Waals surface area contributed by atoms with E-state index >= 15 is 0 Å². The van der Waals surface area contributed by atoms with Gasteiger partial charge in [-0.3, -0.25) is 4.79 Å². The molecule has 0 aliphatic carbocycles. The van der Waals surface area contributed by atoms with E-state index in [1.54, 1.807) is 37.3 Å². The summed E-state index contributed by atoms with van der Waals surface area (Å²) in [6.45, 7) is 1.97. The van der Waals surface area contributed by atoms with Gasteiger partial charge in [0, 0.05) is 11.6 Å². The second kappa shape index (κ2) is 10.6. The van der Waals surface area contributed by atoms with Crippen LogP contribution in [0.2, 0.25) is 5.02 Å². The van der Waals surface area contributed by atoms with Gasteiger partial charge in [0.15, 0.2) is 0 Å². The lowest BCUT2D eigenvalue weighted by molar-refractivity contribution is -0.122. The van der Waals surface area contributed by atoms with Gasteiger partial charge in [0.1, 0.15) is 16.7 Å². The zero-order valence-electron chi connectivity index (χ0n) is 17.8. The normalized spacial score (nSPS) is 12.2. The number of carbonyl (C=O) groups excluding carboxylic acids is 1. The maximum atomic E-state index is 13.2. The van der Waals surface area contributed by atoms with Crippen molar-refractivity contribution in [2.45, 2.75) is 30.8 Å². The molecule has 0 saturated heterocycles. The summed E-state index contributed by atoms with van der Waals surface area (Å²) in [5.41, 5.74) is 2.32. The van der Waals surface area contributed by atoms with Crippen LogP contribution >= 0.6 is 11.6 Å². The van der Waals surface area contributed by atoms with Crippen molar-refractivity contribution >= 4 is 27.5 Å². The Balaban J connectivity index is 1.86. The van der Waals surface area contributed by atoms with Crippen LogP contribution in [0.25, 0.3) is 0 Å². The minimum absolute atomic E-state index is 0.0167. The summed E-state index contributed by atoms with van der Waals surface area (Å²) in [5, 5.41) is 3.32. The molecule has 8 heteroatoms. The highest BCUT2D eigenvalue weighted by Gasteiger charge is 2.28. The van der Waals surface area contributed by atoms with Gasteiger partial charge in [-0.05, 0) is 48.2 Å². The molecule has 6 nitrogen and oxygen atoms in total. The van der Waals surface area contributed by atoms with E-state index < -0.39 is 22.0 Å². The lowest BCUT2D eigenvalue weighted by Crippen LogP contribution is -2.47. The topological polar surface area (TPSA) is 84.5 Å². The van der Waals surface area contributed by atoms with Crippen molar-refractivity contribution in [1.29, 1.82) is 0 Å². The van der Waals surface area contributed by atoms with Crippen LogP contribution in [0.3, 0.4) is 0 Å². The number of aryl methyl sites for hydroxylation is 1. The van der Waals surface area contributed by atoms with E-state index in [2.05, 4.69) is 10.0 Å². The number of carbonyl (C=O) groups is 1. The molecule has 3 aromatic rings. The summed E-state index contributed by atoms with van der Waals surface area (Å²) in [5.74, 6) is -0.248. The minimum Gasteiger partial charge on any atom is -0.495 e. The number of amides is 1. The molecule has 0 aromatic heterocycles. The van der Waals surface area contributed by atoms with Gasteiger partial charge < -0.3 is 10.1 Å². The molecule has 0 saturated carbocycles. The van der Waals surface area contributed by atoms with Crippen LogP contribution in [0.15, 0.2) is 77.7 Å². The fourth-order valence-electron chi connectivity index (χ4n) is 3.23. The molecule has 0 aliphatic rings. The second-order valence-electron chi connectivity index (χ2n) is 7.33. The van der Waals surface area contributed by atoms with E-state index in [9.17, 15) is 13.2 Å². The Hall–Kier alpha value is -2.87. The monoisotopic (exact) mass is 472 g/mol. The molecule has 0 bridgehead atoms. The van der Waals surface area contributed by atoms with E-state index in [4.69, 9.17) is 16.3 Å². The van der Waals surface area contributed by atoms with Crippen LogP contribution < -0.4 is 14.8 Å². The number of sulfonamides is 1. The average molecular weight is 473 g/mol. The molecule has 2 N–H and O–H groups in total. The fraction of sp³-hybridized carbons (Fsp3) is 0.208. The fourth-order valence-corrected chi connectivity index (χ4v) is 4.88. The first-order valence-corrected chi connectivity index (χ1v) is 11.9. The van der Waals surface area contributed by atoms with Gasteiger partial charge in [-0.15, -0.1) is 0 Å². The number of ether oxygens (including phenoxy) is 1. The number of methoxy groups -OCH3 is 1. The highest BCUT2D eigenvalue weighted by atomic mass is 35.5. The van der Waals surface area contributed by atoms with Crippen molar-refractivity contribution < 1.29 is 17.9 Å². The van der Waals surface area contributed by atoms with Crippen LogP contribution in [-0.2, 0) is 27.8 Å². The predicted octanol–water partition coefficient (Wildman–Crippen LogP) is 3.86. The molecule has 3 aromatic carbocycles. The Morgan fingerprint density at radius 3 is 2.41 bits per heavy atom. The predicted molar refractivity (Wildman–Crippen MR) is 125 cm³/mol. The largest absolute Gasteiger partial charge is 0.495 e. The number of benzene rings is 3. The number of nitrogens with one attached hydrogen (secondary N) is 2. The third kappa shape index (κ3) is 6.09. The first-order chi connectivity index (χ1) is 15.3. The standard InChI is InChI=1S/C24H25ClN2O4S/c1-17-12-13-22(31-2)23(14-17)32(29,30)27-21(15-18-8-4-3-5-9-18)24(28)26-16-19-10-6-7-11-20(19)25/h3-14,21,27H,15-16H2,1-2H3,(H,26,28)/t21-/m1/s1. The maximum Gasteiger partial charge on any atom is 0.244 e. The van der Waals surface area contributed by atoms with Crippen LogP contribution in [0.1, 0.15) is 16.7 Å². The number of rotatable bonds is 9. The van der Waals surface area contributed by atoms with E-state index in [-0.39, 0.29) is 23.6 Å². The van der Waals surface area contributed by atoms with Crippen LogP contribution in [0.5, 0.6) is 5.75 Å². The Labute approximate surface area is 193 Å². The number of hydrogen-bond donors (Lipinski definition) is 2. The van der Waals surface area contributed by atoms with Crippen LogP contribution in [-0.4, -0.2) is 27.5 Å². The third-order valence-corrected chi connectivity index (χ3v) is 6.78. The average Bonchev–Trinajstić information content (AvgIpc) is 2.78. The molecular formula is C24H25ClN2O4S. The lowest BCUT2D eigenvalue weighted by atomic mass is 10.1. The molecule has 0 aliphatic heterocycles. The van der Waals surface area contributed by atoms with Crippen molar-refractivity contribution in [3.05, 3.63) is 94.5 Å². The van der Waals surface area contributed by atoms with Crippen LogP contribution in [0.4, 0.5) is 0 Å². The summed E-state index contributed by atoms with van der Waals surface area (Å²) < 4.78 is 34.2. The summed E-state index contributed by atoms with van der Waals surface area (Å²) in [4.78, 5) is 13.0. The third-order valence-electron chi connectivity index (χ3n) is 4.92. The zero-order chi connectivity index (χ0) is 23.1. The molecular weight excluding hydrogens is 448 g/mol. The van der Waals surface area contributed by atoms with E-state index in [1.165, 1.54) is 13.2 Å². The van der Waals surface area contributed by atoms with Gasteiger partial charge in [0.2, 0.25) is 15.9 Å². The van der Waals surface area contributed by atoms with Gasteiger partial charge >= 0.3 is 0 Å². The van der Waals surface area contributed by atoms with Crippen molar-refractivity contribution in [1.82, 2.24) is 10.0 Å². The Kier molecular flexibility index (Phi) is 7.90. The number of hydrogen-bond acceptors (Lipinski definition) is 4. The quantitative estimate of drug-likeness (QED) is 0.495. The van der Waals surface area contributed by atoms with E-state index in [0.717, 1.165) is 16.7 Å². The SMILES string of the molecule is COc1ccc(C)cc1S(=O)(=O)N[C@H](Cc1ccccc1)C(=O)NCc1ccccc1Cl. The Bertz CT molecular complexity index is 1180. The Morgan fingerprint density at radius 2 is 1.72 bits per heavy atom. The van der Waals surface area contributed by atoms with Crippen LogP contribution in [0, 0.1) is 6.92 Å². The molecule has 0 heterocycles. The summed E-state index contributed by atoms with van der Waals surface area (Å²) in [6, 6.07) is 20.2. The van der Waals surface area contributed by atoms with Crippen molar-refractivity contribution in [2.24, 2.45) is 0 Å². The molecule has 0 radical (unpaired) electrons. The van der Waals surface area contributed by atoms with Gasteiger partial charge in [0.05, 0.1) is 7.11 Å². The molecule has 0 unspecified atom stereocenters. The molecule has 32 heavy (non-hydrogen) atoms. The highest BCUT2D eigenvalue weighted by molar-refractivity contribution is 7.89. The molecule has 0 fully saturated rings. The highest BCUT2D eigenvalue weighted by Crippen LogP contribution is 2.25. The molecule has 0 spiro atoms. The first kappa shape index (κ1) is 23.8. The molecule has 168 valence electrons. The minimum atomic E-state index is -4.04. The van der Waals surface area contributed by atoms with Gasteiger partial charge in [0.25, 0.3) is 0 Å². The van der Waals surface area contributed by atoms with Crippen molar-refractivity contribution in [2.75, 3.05) is 7.11 Å². The van der Waals surface area contributed by atoms with E-state index in [0.29, 0.717) is 5.02 Å². The second-order valence-corrected chi connectivity index (χ2v) is 9.42. The van der Waals surface area contributed by atoms with Gasteiger partial charge in [-0.2, -0.15) is 4.72 Å². The first-order valence-electron chi connectivity index (χ1n) is 10.0. The molecule has 3 rings (SSSR count). The smallest absolute Gasteiger partial charge is 0.244 e. The Morgan fingerprint density at radius 1 is 1.03 bits per heavy atom. The molecule has 1 amide bonds. The van der Waals surface area contributed by atoms with Gasteiger partial charge in [-0.1, -0.05) is 66.2 Å². The summed E-state index contributed by atoms with van der Waals surface area (Å²) in [6.07, 6.45) is 0.183. The van der Waals surface area contributed by atoms with Crippen molar-refractivity contribution in [3.63, 3.8) is 0 Å². The lowest BCUT2D eigenvalue weighted by Gasteiger charge is -2.20. The zero-order valence-corrected chi connectivity index (χ0v) is 19.4. The van der Waals surface area contributed by atoms with E-state index in [1.807, 2.05) is 36.4 Å². The van der Waals surface area contributed by atoms with Gasteiger partial charge in [-0.25, -0.2) is 8.42 Å².